The highest BCUT2D eigenvalue weighted by Crippen LogP contribution is 2.29. The minimum Gasteiger partial charge on any atom is -0.861 e. The number of ether oxygens (including phenoxy) is 2. The molecule has 0 bridgehead atoms. The number of hydrogen-bond acceptors (Lipinski definition) is 10. The average Bonchev–Trinajstić information content (AvgIpc) is 3.54. The van der Waals surface area contributed by atoms with Crippen LogP contribution < -0.4 is 24.5 Å². The lowest BCUT2D eigenvalue weighted by molar-refractivity contribution is -0.759. The number of anilines is 1. The Labute approximate surface area is 223 Å². The number of amides is 1. The Bertz CT molecular complexity index is 1350. The summed E-state index contributed by atoms with van der Waals surface area (Å²) in [5.41, 5.74) is 1.74. The van der Waals surface area contributed by atoms with E-state index in [1.165, 1.54) is 9.69 Å². The van der Waals surface area contributed by atoms with Crippen molar-refractivity contribution in [3.63, 3.8) is 0 Å². The van der Waals surface area contributed by atoms with Crippen LogP contribution in [0.2, 0.25) is 0 Å². The van der Waals surface area contributed by atoms with Crippen molar-refractivity contribution in [2.45, 2.75) is 6.92 Å². The Kier molecular flexibility index (Phi) is 8.00. The van der Waals surface area contributed by atoms with E-state index in [0.29, 0.717) is 43.8 Å². The molecular formula is C26H26N6O5S. The van der Waals surface area contributed by atoms with Crippen molar-refractivity contribution < 1.29 is 28.7 Å². The van der Waals surface area contributed by atoms with Crippen LogP contribution in [0.4, 0.5) is 11.6 Å². The van der Waals surface area contributed by atoms with E-state index in [2.05, 4.69) is 15.3 Å². The first-order valence-electron chi connectivity index (χ1n) is 12.1. The number of hydrogen-bond donors (Lipinski definition) is 0. The van der Waals surface area contributed by atoms with Crippen LogP contribution in [0.1, 0.15) is 12.5 Å². The maximum atomic E-state index is 13.3. The molecule has 0 spiro atoms. The van der Waals surface area contributed by atoms with E-state index in [4.69, 9.17) is 14.0 Å². The third-order valence-electron chi connectivity index (χ3n) is 5.62. The molecule has 196 valence electrons. The second-order valence-corrected chi connectivity index (χ2v) is 9.17. The molecule has 1 saturated heterocycles. The van der Waals surface area contributed by atoms with Gasteiger partial charge in [0.15, 0.2) is 5.17 Å². The summed E-state index contributed by atoms with van der Waals surface area (Å²) in [6, 6.07) is 16.6. The van der Waals surface area contributed by atoms with Crippen LogP contribution in [-0.4, -0.2) is 60.9 Å². The van der Waals surface area contributed by atoms with Gasteiger partial charge < -0.3 is 14.6 Å². The number of nitrogens with zero attached hydrogens (tertiary/aromatic N) is 6. The van der Waals surface area contributed by atoms with E-state index in [1.54, 1.807) is 12.3 Å². The van der Waals surface area contributed by atoms with Gasteiger partial charge in [-0.25, -0.2) is 9.98 Å². The fourth-order valence-electron chi connectivity index (χ4n) is 3.83. The quantitative estimate of drug-likeness (QED) is 0.186. The number of rotatable bonds is 8. The largest absolute Gasteiger partial charge is 0.861 e. The summed E-state index contributed by atoms with van der Waals surface area (Å²) in [6.07, 6.45) is 3.27. The molecule has 0 N–H and O–H groups in total. The third-order valence-corrected chi connectivity index (χ3v) is 6.54. The smallest absolute Gasteiger partial charge is 0.324 e. The molecule has 3 aromatic rings. The number of carbonyl (C=O) groups is 1. The molecule has 0 saturated carbocycles. The molecule has 38 heavy (non-hydrogen) atoms. The van der Waals surface area contributed by atoms with Crippen LogP contribution >= 0.6 is 11.8 Å². The van der Waals surface area contributed by atoms with Gasteiger partial charge in [0, 0.05) is 5.75 Å². The molecule has 0 aliphatic carbocycles. The SMILES string of the molecule is CCOc1ccc(/C=C2/N=C(SC/C([O-])=N\c3c[n+](N4CCOCC4)no3)N(c3ccccc3)C2=O)cc1. The molecule has 2 aliphatic rings. The number of thioether (sulfide) groups is 1. The Morgan fingerprint density at radius 3 is 2.68 bits per heavy atom. The summed E-state index contributed by atoms with van der Waals surface area (Å²) in [4.78, 5) is 24.9. The second kappa shape index (κ2) is 11.9. The van der Waals surface area contributed by atoms with Crippen LogP contribution in [0.5, 0.6) is 5.75 Å². The van der Waals surface area contributed by atoms with E-state index in [-0.39, 0.29) is 23.2 Å². The summed E-state index contributed by atoms with van der Waals surface area (Å²) >= 11 is 1.13. The van der Waals surface area contributed by atoms with Gasteiger partial charge in [-0.15, -0.1) is 5.01 Å². The van der Waals surface area contributed by atoms with Crippen LogP contribution in [0.3, 0.4) is 0 Å². The van der Waals surface area contributed by atoms with Crippen molar-refractivity contribution in [3.05, 3.63) is 72.1 Å². The van der Waals surface area contributed by atoms with Gasteiger partial charge >= 0.3 is 5.88 Å². The van der Waals surface area contributed by atoms with Gasteiger partial charge in [0.1, 0.15) is 11.4 Å². The number of aliphatic imine (C=N–C) groups is 2. The first-order chi connectivity index (χ1) is 18.6. The van der Waals surface area contributed by atoms with Gasteiger partial charge in [-0.3, -0.25) is 14.2 Å². The molecule has 1 aromatic heterocycles. The van der Waals surface area contributed by atoms with Crippen LogP contribution in [-0.2, 0) is 9.53 Å². The molecule has 1 fully saturated rings. The molecule has 5 rings (SSSR count). The van der Waals surface area contributed by atoms with E-state index in [0.717, 1.165) is 23.1 Å². The van der Waals surface area contributed by atoms with Crippen LogP contribution in [0, 0.1) is 0 Å². The van der Waals surface area contributed by atoms with Crippen LogP contribution in [0.25, 0.3) is 6.08 Å². The third kappa shape index (κ3) is 6.03. The molecule has 1 amide bonds. The second-order valence-electron chi connectivity index (χ2n) is 8.22. The monoisotopic (exact) mass is 534 g/mol. The number of carbonyl (C=O) groups excluding carboxylic acids is 1. The number of para-hydroxylation sites is 1. The van der Waals surface area contributed by atoms with Crippen molar-refractivity contribution in [1.82, 2.24) is 5.27 Å². The first-order valence-corrected chi connectivity index (χ1v) is 13.1. The lowest BCUT2D eigenvalue weighted by Gasteiger charge is -2.18. The molecule has 0 radical (unpaired) electrons. The standard InChI is InChI=1S/C26H26N6O5S/c1-2-36-21-10-8-19(9-11-21)16-22-25(34)32(20-6-4-3-5-7-20)26(27-22)38-18-23(33)28-24-17-31(29-37-24)30-12-14-35-15-13-30/h3-11,16-17H,2,12-15,18H2,1H3/b22-16+. The highest BCUT2D eigenvalue weighted by molar-refractivity contribution is 8.14. The summed E-state index contributed by atoms with van der Waals surface area (Å²) in [5.74, 6) is 0.0977. The number of amidine groups is 1. The lowest BCUT2D eigenvalue weighted by atomic mass is 10.2. The van der Waals surface area contributed by atoms with Crippen molar-refractivity contribution in [2.24, 2.45) is 9.98 Å². The van der Waals surface area contributed by atoms with Gasteiger partial charge in [-0.1, -0.05) is 42.1 Å². The maximum Gasteiger partial charge on any atom is 0.324 e. The Morgan fingerprint density at radius 2 is 1.95 bits per heavy atom. The minimum atomic E-state index is -0.438. The molecular weight excluding hydrogens is 508 g/mol. The average molecular weight is 535 g/mol. The zero-order chi connectivity index (χ0) is 26.3. The zero-order valence-corrected chi connectivity index (χ0v) is 21.5. The van der Waals surface area contributed by atoms with E-state index < -0.39 is 5.90 Å². The predicted octanol–water partition coefficient (Wildman–Crippen LogP) is 1.90. The molecule has 0 atom stereocenters. The highest BCUT2D eigenvalue weighted by atomic mass is 32.2. The van der Waals surface area contributed by atoms with E-state index in [1.807, 2.05) is 66.5 Å². The number of benzene rings is 2. The minimum absolute atomic E-state index is 0.0377. The van der Waals surface area contributed by atoms with Gasteiger partial charge in [0.25, 0.3) is 12.1 Å². The summed E-state index contributed by atoms with van der Waals surface area (Å²) in [7, 11) is 0. The normalized spacial score (nSPS) is 17.3. The maximum absolute atomic E-state index is 13.3. The summed E-state index contributed by atoms with van der Waals surface area (Å²) in [6.45, 7) is 5.01. The van der Waals surface area contributed by atoms with Gasteiger partial charge in [-0.05, 0) is 48.7 Å². The van der Waals surface area contributed by atoms with Gasteiger partial charge in [0.2, 0.25) is 5.27 Å². The van der Waals surface area contributed by atoms with Crippen molar-refractivity contribution >= 4 is 46.4 Å². The van der Waals surface area contributed by atoms with E-state index in [9.17, 15) is 9.90 Å². The molecule has 12 heteroatoms. The lowest BCUT2D eigenvalue weighted by Crippen LogP contribution is -2.62. The summed E-state index contributed by atoms with van der Waals surface area (Å²) < 4.78 is 16.0. The van der Waals surface area contributed by atoms with Crippen LogP contribution in [0.15, 0.2) is 81.0 Å². The number of morpholine rings is 1. The molecule has 2 aromatic carbocycles. The molecule has 11 nitrogen and oxygen atoms in total. The zero-order valence-electron chi connectivity index (χ0n) is 20.7. The predicted molar refractivity (Wildman–Crippen MR) is 142 cm³/mol. The van der Waals surface area contributed by atoms with Crippen molar-refractivity contribution in [3.8, 4) is 5.75 Å². The Morgan fingerprint density at radius 1 is 1.18 bits per heavy atom. The first kappa shape index (κ1) is 25.5. The van der Waals surface area contributed by atoms with Crippen molar-refractivity contribution in [2.75, 3.05) is 48.6 Å². The Balaban J connectivity index is 1.32. The number of aromatic nitrogens is 2. The summed E-state index contributed by atoms with van der Waals surface area (Å²) in [5, 5.41) is 18.9. The van der Waals surface area contributed by atoms with Crippen molar-refractivity contribution in [1.29, 1.82) is 0 Å². The molecule has 2 aliphatic heterocycles. The van der Waals surface area contributed by atoms with Gasteiger partial charge in [0.05, 0.1) is 43.4 Å². The highest BCUT2D eigenvalue weighted by Gasteiger charge is 2.32. The molecule has 3 heterocycles. The van der Waals surface area contributed by atoms with E-state index >= 15 is 0 Å². The topological polar surface area (TPSA) is 120 Å². The van der Waals surface area contributed by atoms with Gasteiger partial charge in [-0.2, -0.15) is 0 Å². The fraction of sp³-hybridized carbons (Fsp3) is 0.269. The fourth-order valence-corrected chi connectivity index (χ4v) is 4.63. The molecule has 0 unspecified atom stereocenters. The Hall–Kier alpha value is -4.16.